The van der Waals surface area contributed by atoms with Gasteiger partial charge < -0.3 is 14.6 Å². The van der Waals surface area contributed by atoms with Crippen molar-refractivity contribution in [2.24, 2.45) is 28.6 Å². The lowest BCUT2D eigenvalue weighted by Crippen LogP contribution is -2.51. The lowest BCUT2D eigenvalue weighted by molar-refractivity contribution is -0.0180. The highest BCUT2D eigenvalue weighted by Crippen LogP contribution is 2.65. The molecule has 5 rings (SSSR count). The van der Waals surface area contributed by atoms with Crippen molar-refractivity contribution in [1.29, 1.82) is 0 Å². The zero-order valence-electron chi connectivity index (χ0n) is 17.8. The normalized spacial score (nSPS) is 40.9. The molecule has 6 atom stereocenters. The highest BCUT2D eigenvalue weighted by molar-refractivity contribution is 5.65. The molecule has 1 N–H and O–H groups in total. The minimum atomic E-state index is -0.801. The van der Waals surface area contributed by atoms with Gasteiger partial charge in [-0.3, -0.25) is 0 Å². The first-order chi connectivity index (χ1) is 13.8. The van der Waals surface area contributed by atoms with E-state index in [4.69, 9.17) is 0 Å². The van der Waals surface area contributed by atoms with E-state index in [1.54, 1.807) is 7.05 Å². The van der Waals surface area contributed by atoms with Crippen molar-refractivity contribution < 1.29 is 9.90 Å². The first kappa shape index (κ1) is 19.0. The SMILES string of the molecule is CN(C(=O)O)C1CC[C@@]2(C)C(=CCC3C2CC[C@]2(C)C(n4ccnc4)=CCC32)C1. The summed E-state index contributed by atoms with van der Waals surface area (Å²) >= 11 is 0. The summed E-state index contributed by atoms with van der Waals surface area (Å²) in [7, 11) is 1.73. The molecule has 0 aromatic carbocycles. The van der Waals surface area contributed by atoms with E-state index in [2.05, 4.69) is 41.7 Å². The van der Waals surface area contributed by atoms with Gasteiger partial charge >= 0.3 is 6.09 Å². The van der Waals surface area contributed by atoms with E-state index >= 15 is 0 Å². The second kappa shape index (κ2) is 6.48. The summed E-state index contributed by atoms with van der Waals surface area (Å²) in [5.74, 6) is 2.16. The summed E-state index contributed by atoms with van der Waals surface area (Å²) in [6.45, 7) is 4.96. The average molecular weight is 396 g/mol. The van der Waals surface area contributed by atoms with Crippen LogP contribution in [0.4, 0.5) is 4.79 Å². The topological polar surface area (TPSA) is 58.4 Å². The fourth-order valence-electron chi connectivity index (χ4n) is 7.48. The third-order valence-corrected chi connectivity index (χ3v) is 9.25. The minimum Gasteiger partial charge on any atom is -0.465 e. The molecule has 0 spiro atoms. The van der Waals surface area contributed by atoms with Gasteiger partial charge in [0.1, 0.15) is 0 Å². The number of allylic oxidation sites excluding steroid dienone is 3. The number of carbonyl (C=O) groups is 1. The molecule has 4 unspecified atom stereocenters. The molecule has 156 valence electrons. The molecule has 1 aromatic rings. The van der Waals surface area contributed by atoms with Gasteiger partial charge in [0.2, 0.25) is 0 Å². The van der Waals surface area contributed by atoms with Gasteiger partial charge in [0.15, 0.2) is 0 Å². The van der Waals surface area contributed by atoms with Crippen molar-refractivity contribution in [3.05, 3.63) is 36.4 Å². The van der Waals surface area contributed by atoms with Gasteiger partial charge in [-0.1, -0.05) is 31.6 Å². The van der Waals surface area contributed by atoms with E-state index in [0.29, 0.717) is 5.92 Å². The standard InChI is InChI=1S/C24H33N3O2/c1-23-10-8-17(26(3)22(28)29)14-16(23)4-5-18-19-6-7-21(27-13-12-25-15-27)24(19,2)11-9-20(18)23/h4,7,12-13,15,17-20H,5-6,8-11,14H2,1-3H3,(H,28,29)/t17?,18?,19?,20?,23-,24-/m0/s1. The Morgan fingerprint density at radius 3 is 2.69 bits per heavy atom. The summed E-state index contributed by atoms with van der Waals surface area (Å²) in [5, 5.41) is 9.41. The first-order valence-corrected chi connectivity index (χ1v) is 11.2. The molecular weight excluding hydrogens is 362 g/mol. The van der Waals surface area contributed by atoms with Crippen LogP contribution in [0.25, 0.3) is 5.70 Å². The monoisotopic (exact) mass is 395 g/mol. The van der Waals surface area contributed by atoms with Gasteiger partial charge in [-0.05, 0) is 68.1 Å². The predicted octanol–water partition coefficient (Wildman–Crippen LogP) is 5.28. The van der Waals surface area contributed by atoms with Crippen LogP contribution in [0.1, 0.15) is 58.8 Å². The summed E-state index contributed by atoms with van der Waals surface area (Å²) in [5.41, 5.74) is 3.47. The maximum Gasteiger partial charge on any atom is 0.407 e. The van der Waals surface area contributed by atoms with Crippen LogP contribution in [-0.2, 0) is 0 Å². The maximum absolute atomic E-state index is 11.4. The zero-order valence-corrected chi connectivity index (χ0v) is 17.8. The lowest BCUT2D eigenvalue weighted by Gasteiger charge is -2.58. The van der Waals surface area contributed by atoms with Crippen LogP contribution in [0.5, 0.6) is 0 Å². The van der Waals surface area contributed by atoms with Crippen molar-refractivity contribution in [3.8, 4) is 0 Å². The second-order valence-corrected chi connectivity index (χ2v) is 10.3. The third-order valence-electron chi connectivity index (χ3n) is 9.25. The molecule has 1 aromatic heterocycles. The highest BCUT2D eigenvalue weighted by atomic mass is 16.4. The van der Waals surface area contributed by atoms with Gasteiger partial charge in [0.25, 0.3) is 0 Å². The van der Waals surface area contributed by atoms with Crippen molar-refractivity contribution in [2.75, 3.05) is 7.05 Å². The number of amides is 1. The minimum absolute atomic E-state index is 0.137. The van der Waals surface area contributed by atoms with Crippen molar-refractivity contribution in [1.82, 2.24) is 14.5 Å². The van der Waals surface area contributed by atoms with E-state index in [1.165, 1.54) is 35.4 Å². The molecule has 4 aliphatic rings. The predicted molar refractivity (Wildman–Crippen MR) is 113 cm³/mol. The molecule has 0 saturated heterocycles. The largest absolute Gasteiger partial charge is 0.465 e. The number of hydrogen-bond acceptors (Lipinski definition) is 2. The Hall–Kier alpha value is -2.04. The molecular formula is C24H33N3O2. The molecule has 0 aliphatic heterocycles. The zero-order chi connectivity index (χ0) is 20.4. The Balaban J connectivity index is 1.41. The molecule has 29 heavy (non-hydrogen) atoms. The summed E-state index contributed by atoms with van der Waals surface area (Å²) in [4.78, 5) is 17.3. The number of hydrogen-bond donors (Lipinski definition) is 1. The number of carboxylic acid groups (broad SMARTS) is 1. The third kappa shape index (κ3) is 2.65. The number of fused-ring (bicyclic) bond motifs is 5. The van der Waals surface area contributed by atoms with E-state index in [-0.39, 0.29) is 16.9 Å². The number of imidazole rings is 1. The average Bonchev–Trinajstić information content (AvgIpc) is 3.33. The first-order valence-electron chi connectivity index (χ1n) is 11.2. The van der Waals surface area contributed by atoms with Gasteiger partial charge in [0.05, 0.1) is 6.33 Å². The Morgan fingerprint density at radius 2 is 1.97 bits per heavy atom. The highest BCUT2D eigenvalue weighted by Gasteiger charge is 2.57. The number of rotatable bonds is 2. The Bertz CT molecular complexity index is 873. The smallest absolute Gasteiger partial charge is 0.407 e. The molecule has 1 amide bonds. The lowest BCUT2D eigenvalue weighted by atomic mass is 9.47. The molecule has 5 nitrogen and oxygen atoms in total. The molecule has 5 heteroatoms. The van der Waals surface area contributed by atoms with Crippen LogP contribution in [0.3, 0.4) is 0 Å². The number of aromatic nitrogens is 2. The Morgan fingerprint density at radius 1 is 1.17 bits per heavy atom. The van der Waals surface area contributed by atoms with Gasteiger partial charge in [0, 0.05) is 36.6 Å². The van der Waals surface area contributed by atoms with Crippen LogP contribution >= 0.6 is 0 Å². The quantitative estimate of drug-likeness (QED) is 0.694. The van der Waals surface area contributed by atoms with E-state index in [9.17, 15) is 9.90 Å². The van der Waals surface area contributed by atoms with Crippen molar-refractivity contribution >= 4 is 11.8 Å². The molecule has 4 aliphatic carbocycles. The van der Waals surface area contributed by atoms with Crippen LogP contribution in [-0.4, -0.2) is 38.7 Å². The summed E-state index contributed by atoms with van der Waals surface area (Å²) in [6.07, 6.45) is 18.0. The fraction of sp³-hybridized carbons (Fsp3) is 0.667. The van der Waals surface area contributed by atoms with E-state index in [0.717, 1.165) is 37.5 Å². The van der Waals surface area contributed by atoms with Crippen molar-refractivity contribution in [3.63, 3.8) is 0 Å². The van der Waals surface area contributed by atoms with Gasteiger partial charge in [-0.25, -0.2) is 9.78 Å². The Labute approximate surface area is 173 Å². The van der Waals surface area contributed by atoms with E-state index in [1.807, 2.05) is 12.5 Å². The molecule has 2 saturated carbocycles. The van der Waals surface area contributed by atoms with Crippen LogP contribution in [0, 0.1) is 28.6 Å². The van der Waals surface area contributed by atoms with Crippen LogP contribution in [0.2, 0.25) is 0 Å². The molecule has 2 fully saturated rings. The van der Waals surface area contributed by atoms with Gasteiger partial charge in [-0.15, -0.1) is 0 Å². The van der Waals surface area contributed by atoms with Crippen LogP contribution in [0.15, 0.2) is 36.4 Å². The molecule has 0 bridgehead atoms. The second-order valence-electron chi connectivity index (χ2n) is 10.3. The Kier molecular flexibility index (Phi) is 4.24. The summed E-state index contributed by atoms with van der Waals surface area (Å²) in [6, 6.07) is 0.137. The molecule has 1 heterocycles. The molecule has 0 radical (unpaired) electrons. The van der Waals surface area contributed by atoms with Crippen LogP contribution < -0.4 is 0 Å². The van der Waals surface area contributed by atoms with E-state index < -0.39 is 6.09 Å². The van der Waals surface area contributed by atoms with Crippen molar-refractivity contribution in [2.45, 2.75) is 64.8 Å². The number of nitrogens with zero attached hydrogens (tertiary/aromatic N) is 3. The summed E-state index contributed by atoms with van der Waals surface area (Å²) < 4.78 is 2.24. The maximum atomic E-state index is 11.4. The van der Waals surface area contributed by atoms with Gasteiger partial charge in [-0.2, -0.15) is 0 Å². The fourth-order valence-corrected chi connectivity index (χ4v) is 7.48.